The van der Waals surface area contributed by atoms with E-state index in [0.29, 0.717) is 13.1 Å². The van der Waals surface area contributed by atoms with E-state index in [-0.39, 0.29) is 13.2 Å². The van der Waals surface area contributed by atoms with E-state index in [1.165, 1.54) is 103 Å². The molecule has 0 aliphatic rings. The first-order valence-corrected chi connectivity index (χ1v) is 11.5. The largest absolute Gasteiger partial charge is 0.395 e. The average Bonchev–Trinajstić information content (AvgIpc) is 2.66. The molecule has 0 heterocycles. The van der Waals surface area contributed by atoms with Gasteiger partial charge in [0.2, 0.25) is 0 Å². The fourth-order valence-electron chi connectivity index (χ4n) is 2.98. The quantitative estimate of drug-likeness (QED) is 0.232. The number of hydrogen-bond donors (Lipinski definition) is 4. The number of hydrogen-bond acceptors (Lipinski definition) is 4. The van der Waals surface area contributed by atoms with Crippen molar-refractivity contribution in [2.45, 2.75) is 110 Å². The average molecular weight is 375 g/mol. The van der Waals surface area contributed by atoms with E-state index in [1.54, 1.807) is 0 Å². The maximum absolute atomic E-state index is 8.15. The smallest absolute Gasteiger partial charge is 0.0555 e. The molecule has 0 saturated carbocycles. The van der Waals surface area contributed by atoms with Crippen LogP contribution in [0.2, 0.25) is 0 Å². The molecule has 0 fully saturated rings. The van der Waals surface area contributed by atoms with Crippen molar-refractivity contribution in [3.63, 3.8) is 0 Å². The molecule has 4 heteroatoms. The molecule has 0 aliphatic carbocycles. The highest BCUT2D eigenvalue weighted by Gasteiger charge is 1.94. The van der Waals surface area contributed by atoms with Crippen molar-refractivity contribution in [1.29, 1.82) is 0 Å². The predicted molar refractivity (Wildman–Crippen MR) is 116 cm³/mol. The lowest BCUT2D eigenvalue weighted by atomic mass is 10.0. The van der Waals surface area contributed by atoms with E-state index in [1.807, 2.05) is 0 Å². The van der Waals surface area contributed by atoms with Gasteiger partial charge in [-0.15, -0.1) is 0 Å². The number of aliphatic hydroxyl groups excluding tert-OH is 2. The van der Waals surface area contributed by atoms with E-state index in [4.69, 9.17) is 15.9 Å². The van der Waals surface area contributed by atoms with Crippen molar-refractivity contribution in [2.75, 3.05) is 32.8 Å². The summed E-state index contributed by atoms with van der Waals surface area (Å²) in [6, 6.07) is 0. The molecule has 0 atom stereocenters. The Kier molecular flexibility index (Phi) is 31.9. The number of unbranched alkanes of at least 4 members (excludes halogenated alkanes) is 15. The molecular weight excluding hydrogens is 324 g/mol. The molecule has 0 saturated heterocycles. The minimum atomic E-state index is 0.139. The summed E-state index contributed by atoms with van der Waals surface area (Å²) in [5, 5.41) is 19.1. The van der Waals surface area contributed by atoms with E-state index in [0.717, 1.165) is 6.54 Å². The molecule has 0 unspecified atom stereocenters. The second kappa shape index (κ2) is 29.6. The van der Waals surface area contributed by atoms with Crippen molar-refractivity contribution in [3.8, 4) is 0 Å². The molecule has 0 aromatic heterocycles. The van der Waals surface area contributed by atoms with Gasteiger partial charge < -0.3 is 21.3 Å². The van der Waals surface area contributed by atoms with Gasteiger partial charge in [-0.3, -0.25) is 0 Å². The zero-order valence-corrected chi connectivity index (χ0v) is 17.8. The SMILES string of the molecule is CCCCCCCCCCCCCCCCCCN.OCCNCCO. The minimum absolute atomic E-state index is 0.139. The summed E-state index contributed by atoms with van der Waals surface area (Å²) in [7, 11) is 0. The fraction of sp³-hybridized carbons (Fsp3) is 1.00. The third-order valence-corrected chi connectivity index (χ3v) is 4.63. The van der Waals surface area contributed by atoms with Crippen LogP contribution in [0, 0.1) is 0 Å². The highest BCUT2D eigenvalue weighted by molar-refractivity contribution is 4.50. The highest BCUT2D eigenvalue weighted by Crippen LogP contribution is 2.13. The third-order valence-electron chi connectivity index (χ3n) is 4.63. The van der Waals surface area contributed by atoms with Gasteiger partial charge >= 0.3 is 0 Å². The lowest BCUT2D eigenvalue weighted by molar-refractivity contribution is 0.266. The van der Waals surface area contributed by atoms with E-state index >= 15 is 0 Å². The molecule has 4 nitrogen and oxygen atoms in total. The zero-order chi connectivity index (χ0) is 19.6. The normalized spacial score (nSPS) is 10.6. The summed E-state index contributed by atoms with van der Waals surface area (Å²) in [5.41, 5.74) is 5.48. The van der Waals surface area contributed by atoms with Gasteiger partial charge in [0.05, 0.1) is 13.2 Å². The van der Waals surface area contributed by atoms with Crippen molar-refractivity contribution in [3.05, 3.63) is 0 Å². The van der Waals surface area contributed by atoms with Crippen LogP contribution < -0.4 is 11.1 Å². The summed E-state index contributed by atoms with van der Waals surface area (Å²) >= 11 is 0. The number of aliphatic hydroxyl groups is 2. The molecule has 0 aliphatic heterocycles. The van der Waals surface area contributed by atoms with Crippen LogP contribution in [0.15, 0.2) is 0 Å². The van der Waals surface area contributed by atoms with Crippen LogP contribution in [0.4, 0.5) is 0 Å². The molecular formula is C22H50N2O2. The van der Waals surface area contributed by atoms with Crippen molar-refractivity contribution in [1.82, 2.24) is 5.32 Å². The number of nitrogens with one attached hydrogen (secondary N) is 1. The third kappa shape index (κ3) is 31.6. The van der Waals surface area contributed by atoms with Crippen LogP contribution in [-0.2, 0) is 0 Å². The van der Waals surface area contributed by atoms with Gasteiger partial charge in [0.1, 0.15) is 0 Å². The summed E-state index contributed by atoms with van der Waals surface area (Å²) in [6.07, 6.45) is 22.9. The van der Waals surface area contributed by atoms with E-state index in [9.17, 15) is 0 Å². The maximum atomic E-state index is 8.15. The summed E-state index contributed by atoms with van der Waals surface area (Å²) < 4.78 is 0. The lowest BCUT2D eigenvalue weighted by Gasteiger charge is -2.03. The summed E-state index contributed by atoms with van der Waals surface area (Å²) in [4.78, 5) is 0. The molecule has 0 aromatic carbocycles. The lowest BCUT2D eigenvalue weighted by Crippen LogP contribution is -2.21. The highest BCUT2D eigenvalue weighted by atomic mass is 16.3. The second-order valence-corrected chi connectivity index (χ2v) is 7.29. The Hall–Kier alpha value is -0.160. The molecule has 0 amide bonds. The Bertz CT molecular complexity index is 196. The van der Waals surface area contributed by atoms with Crippen molar-refractivity contribution in [2.24, 2.45) is 5.73 Å². The van der Waals surface area contributed by atoms with Crippen LogP contribution in [0.5, 0.6) is 0 Å². The van der Waals surface area contributed by atoms with Gasteiger partial charge in [0, 0.05) is 13.1 Å². The molecule has 0 rings (SSSR count). The van der Waals surface area contributed by atoms with Crippen LogP contribution in [0.3, 0.4) is 0 Å². The summed E-state index contributed by atoms with van der Waals surface area (Å²) in [5.74, 6) is 0. The predicted octanol–water partition coefficient (Wildman–Crippen LogP) is 4.77. The Morgan fingerprint density at radius 1 is 0.538 bits per heavy atom. The van der Waals surface area contributed by atoms with Crippen molar-refractivity contribution >= 4 is 0 Å². The van der Waals surface area contributed by atoms with Gasteiger partial charge in [-0.1, -0.05) is 103 Å². The van der Waals surface area contributed by atoms with Crippen LogP contribution in [0.1, 0.15) is 110 Å². The Morgan fingerprint density at radius 3 is 1.12 bits per heavy atom. The van der Waals surface area contributed by atoms with Crippen LogP contribution >= 0.6 is 0 Å². The van der Waals surface area contributed by atoms with Gasteiger partial charge in [-0.2, -0.15) is 0 Å². The van der Waals surface area contributed by atoms with Crippen LogP contribution in [0.25, 0.3) is 0 Å². The molecule has 0 radical (unpaired) electrons. The molecule has 26 heavy (non-hydrogen) atoms. The Labute approximate surface area is 164 Å². The Morgan fingerprint density at radius 2 is 0.846 bits per heavy atom. The number of nitrogens with two attached hydrogens (primary N) is 1. The molecule has 0 aromatic rings. The maximum Gasteiger partial charge on any atom is 0.0555 e. The fourth-order valence-corrected chi connectivity index (χ4v) is 2.98. The van der Waals surface area contributed by atoms with Gasteiger partial charge in [0.25, 0.3) is 0 Å². The molecule has 0 spiro atoms. The Balaban J connectivity index is 0. The number of rotatable bonds is 20. The first-order valence-electron chi connectivity index (χ1n) is 11.5. The first-order chi connectivity index (χ1) is 12.8. The van der Waals surface area contributed by atoms with E-state index < -0.39 is 0 Å². The topological polar surface area (TPSA) is 78.5 Å². The standard InChI is InChI=1S/C18H39N.C4H11NO2/c1-2-3-4-5-6-7-8-9-10-11-12-13-14-15-16-17-18-19;6-3-1-5-2-4-7/h2-19H2,1H3;5-7H,1-4H2. The monoisotopic (exact) mass is 374 g/mol. The second-order valence-electron chi connectivity index (χ2n) is 7.29. The minimum Gasteiger partial charge on any atom is -0.395 e. The first kappa shape index (κ1) is 28.1. The van der Waals surface area contributed by atoms with E-state index in [2.05, 4.69) is 12.2 Å². The van der Waals surface area contributed by atoms with Gasteiger partial charge in [-0.05, 0) is 13.0 Å². The van der Waals surface area contributed by atoms with Gasteiger partial charge in [0.15, 0.2) is 0 Å². The van der Waals surface area contributed by atoms with Gasteiger partial charge in [-0.25, -0.2) is 0 Å². The molecule has 5 N–H and O–H groups in total. The molecule has 0 bridgehead atoms. The van der Waals surface area contributed by atoms with Crippen molar-refractivity contribution < 1.29 is 10.2 Å². The summed E-state index contributed by atoms with van der Waals surface area (Å²) in [6.45, 7) is 4.58. The molecule has 160 valence electrons. The zero-order valence-electron chi connectivity index (χ0n) is 17.8. The van der Waals surface area contributed by atoms with Crippen LogP contribution in [-0.4, -0.2) is 43.1 Å².